The molecule has 1 aliphatic rings. The lowest BCUT2D eigenvalue weighted by Gasteiger charge is -2.32. The van der Waals surface area contributed by atoms with Gasteiger partial charge in [0.25, 0.3) is 0 Å². The first kappa shape index (κ1) is 13.9. The second kappa shape index (κ2) is 5.03. The van der Waals surface area contributed by atoms with E-state index in [-0.39, 0.29) is 5.54 Å². The lowest BCUT2D eigenvalue weighted by molar-refractivity contribution is -0.470. The van der Waals surface area contributed by atoms with Crippen LogP contribution < -0.4 is 4.90 Å². The Labute approximate surface area is 127 Å². The zero-order chi connectivity index (χ0) is 15.0. The van der Waals surface area contributed by atoms with E-state index in [1.165, 1.54) is 17.1 Å². The summed E-state index contributed by atoms with van der Waals surface area (Å²) in [4.78, 5) is 2.50. The van der Waals surface area contributed by atoms with Crippen LogP contribution in [0.15, 0.2) is 60.7 Å². The maximum atomic E-state index is 2.50. The van der Waals surface area contributed by atoms with Gasteiger partial charge >= 0.3 is 0 Å². The Morgan fingerprint density at radius 2 is 1.43 bits per heavy atom. The molecule has 1 unspecified atom stereocenters. The average molecular weight is 279 g/mol. The van der Waals surface area contributed by atoms with E-state index < -0.39 is 0 Å². The van der Waals surface area contributed by atoms with Crippen LogP contribution in [0.5, 0.6) is 0 Å². The maximum Gasteiger partial charge on any atom is 0.232 e. The molecule has 0 fully saturated rings. The molecule has 0 radical (unpaired) electrons. The minimum atomic E-state index is -0.00336. The first-order chi connectivity index (χ1) is 10.0. The molecule has 0 bridgehead atoms. The number of benzene rings is 2. The molecule has 1 atom stereocenters. The predicted molar refractivity (Wildman–Crippen MR) is 89.5 cm³/mol. The summed E-state index contributed by atoms with van der Waals surface area (Å²) in [7, 11) is 0. The van der Waals surface area contributed by atoms with Crippen molar-refractivity contribution in [3.8, 4) is 0 Å². The zero-order valence-electron chi connectivity index (χ0n) is 13.2. The van der Waals surface area contributed by atoms with E-state index in [0.29, 0.717) is 6.17 Å². The molecule has 1 heterocycles. The van der Waals surface area contributed by atoms with Gasteiger partial charge in [0.1, 0.15) is 5.54 Å². The van der Waals surface area contributed by atoms with Gasteiger partial charge in [-0.3, -0.25) is 4.90 Å². The third-order valence-corrected chi connectivity index (χ3v) is 4.67. The fraction of sp³-hybridized carbons (Fsp3) is 0.316. The van der Waals surface area contributed by atoms with Crippen LogP contribution >= 0.6 is 0 Å². The highest BCUT2D eigenvalue weighted by molar-refractivity contribution is 5.92. The van der Waals surface area contributed by atoms with E-state index in [9.17, 15) is 0 Å². The van der Waals surface area contributed by atoms with Crippen LogP contribution in [-0.2, 0) is 0 Å². The van der Waals surface area contributed by atoms with Crippen LogP contribution in [0.3, 0.4) is 0 Å². The highest BCUT2D eigenvalue weighted by Gasteiger charge is 2.49. The summed E-state index contributed by atoms with van der Waals surface area (Å²) in [5, 5.41) is 0. The van der Waals surface area contributed by atoms with Gasteiger partial charge in [-0.25, -0.2) is 0 Å². The highest BCUT2D eigenvalue weighted by atomic mass is 15.4. The zero-order valence-corrected chi connectivity index (χ0v) is 13.2. The molecule has 0 N–H and O–H groups in total. The lowest BCUT2D eigenvalue weighted by Crippen LogP contribution is -2.47. The van der Waals surface area contributed by atoms with E-state index in [4.69, 9.17) is 0 Å². The molecule has 0 amide bonds. The molecule has 108 valence electrons. The summed E-state index contributed by atoms with van der Waals surface area (Å²) in [5.41, 5.74) is 3.91. The van der Waals surface area contributed by atoms with Crippen LogP contribution in [0, 0.1) is 0 Å². The molecular weight excluding hydrogens is 256 g/mol. The second-order valence-corrected chi connectivity index (χ2v) is 6.19. The Morgan fingerprint density at radius 1 is 0.905 bits per heavy atom. The topological polar surface area (TPSA) is 6.25 Å². The first-order valence-corrected chi connectivity index (χ1v) is 7.56. The molecule has 2 heteroatoms. The van der Waals surface area contributed by atoms with Crippen molar-refractivity contribution in [2.24, 2.45) is 0 Å². The smallest absolute Gasteiger partial charge is 0.232 e. The van der Waals surface area contributed by atoms with Crippen molar-refractivity contribution in [1.29, 1.82) is 0 Å². The van der Waals surface area contributed by atoms with E-state index in [2.05, 4.69) is 97.8 Å². The molecule has 0 aromatic heterocycles. The summed E-state index contributed by atoms with van der Waals surface area (Å²) in [5.74, 6) is 0. The van der Waals surface area contributed by atoms with Crippen LogP contribution in [0.1, 0.15) is 27.7 Å². The quantitative estimate of drug-likeness (QED) is 0.737. The Hall–Kier alpha value is -2.09. The van der Waals surface area contributed by atoms with E-state index >= 15 is 0 Å². The predicted octanol–water partition coefficient (Wildman–Crippen LogP) is 4.44. The molecule has 0 aliphatic carbocycles. The van der Waals surface area contributed by atoms with Gasteiger partial charge in [-0.1, -0.05) is 36.4 Å². The van der Waals surface area contributed by atoms with E-state index in [1.807, 2.05) is 0 Å². The van der Waals surface area contributed by atoms with Crippen molar-refractivity contribution in [2.45, 2.75) is 39.4 Å². The molecule has 3 rings (SSSR count). The monoisotopic (exact) mass is 279 g/mol. The SMILES string of the molecule is CC1=[N+](c2ccccc2)C(C)N(c2ccccc2)C1(C)C. The highest BCUT2D eigenvalue weighted by Crippen LogP contribution is 2.36. The van der Waals surface area contributed by atoms with Gasteiger partial charge in [0.05, 0.1) is 0 Å². The molecule has 21 heavy (non-hydrogen) atoms. The van der Waals surface area contributed by atoms with Crippen molar-refractivity contribution >= 4 is 17.1 Å². The standard InChI is InChI=1S/C19H23N2/c1-15-19(3,4)21(18-13-9-6-10-14-18)16(2)20(15)17-11-7-5-8-12-17/h5-14,16H,1-4H3/q+1. The number of hydrogen-bond donors (Lipinski definition) is 0. The fourth-order valence-electron chi connectivity index (χ4n) is 3.46. The van der Waals surface area contributed by atoms with E-state index in [1.54, 1.807) is 0 Å². The molecule has 2 aromatic rings. The number of rotatable bonds is 2. The van der Waals surface area contributed by atoms with Crippen molar-refractivity contribution in [2.75, 3.05) is 4.90 Å². The Bertz CT molecular complexity index is 656. The van der Waals surface area contributed by atoms with Crippen molar-refractivity contribution in [3.63, 3.8) is 0 Å². The fourth-order valence-corrected chi connectivity index (χ4v) is 3.46. The molecule has 0 saturated carbocycles. The van der Waals surface area contributed by atoms with Gasteiger partial charge in [-0.2, -0.15) is 4.58 Å². The molecule has 2 nitrogen and oxygen atoms in total. The van der Waals surface area contributed by atoms with Crippen LogP contribution in [0.4, 0.5) is 11.4 Å². The third-order valence-electron chi connectivity index (χ3n) is 4.67. The van der Waals surface area contributed by atoms with Gasteiger partial charge in [0.2, 0.25) is 11.9 Å². The van der Waals surface area contributed by atoms with Gasteiger partial charge in [-0.15, -0.1) is 0 Å². The molecule has 0 saturated heterocycles. The summed E-state index contributed by atoms with van der Waals surface area (Å²) < 4.78 is 2.44. The van der Waals surface area contributed by atoms with Gasteiger partial charge in [0, 0.05) is 31.7 Å². The number of anilines is 1. The molecule has 2 aromatic carbocycles. The van der Waals surface area contributed by atoms with Gasteiger partial charge in [0.15, 0.2) is 5.71 Å². The normalized spacial score (nSPS) is 21.0. The Kier molecular flexibility index (Phi) is 3.32. The average Bonchev–Trinajstić information content (AvgIpc) is 2.67. The largest absolute Gasteiger partial charge is 0.299 e. The summed E-state index contributed by atoms with van der Waals surface area (Å²) in [6, 6.07) is 21.3. The number of hydrogen-bond acceptors (Lipinski definition) is 1. The van der Waals surface area contributed by atoms with Crippen molar-refractivity contribution in [3.05, 3.63) is 60.7 Å². The summed E-state index contributed by atoms with van der Waals surface area (Å²) in [6.07, 6.45) is 0.296. The second-order valence-electron chi connectivity index (χ2n) is 6.19. The molecular formula is C19H23N2+. The third kappa shape index (κ3) is 2.15. The first-order valence-electron chi connectivity index (χ1n) is 7.56. The molecule has 0 spiro atoms. The van der Waals surface area contributed by atoms with Gasteiger partial charge < -0.3 is 0 Å². The number of nitrogens with zero attached hydrogens (tertiary/aromatic N) is 2. The Balaban J connectivity index is 2.10. The van der Waals surface area contributed by atoms with Crippen LogP contribution in [0.2, 0.25) is 0 Å². The van der Waals surface area contributed by atoms with Gasteiger partial charge in [-0.05, 0) is 26.0 Å². The maximum absolute atomic E-state index is 2.50. The summed E-state index contributed by atoms with van der Waals surface area (Å²) in [6.45, 7) is 9.12. The van der Waals surface area contributed by atoms with Crippen molar-refractivity contribution in [1.82, 2.24) is 0 Å². The minimum Gasteiger partial charge on any atom is -0.299 e. The minimum absolute atomic E-state index is 0.00336. The van der Waals surface area contributed by atoms with Crippen LogP contribution in [0.25, 0.3) is 0 Å². The van der Waals surface area contributed by atoms with Crippen LogP contribution in [-0.4, -0.2) is 22.0 Å². The number of para-hydroxylation sites is 2. The van der Waals surface area contributed by atoms with E-state index in [0.717, 1.165) is 0 Å². The van der Waals surface area contributed by atoms with Crippen molar-refractivity contribution < 1.29 is 4.58 Å². The Morgan fingerprint density at radius 3 is 2.00 bits per heavy atom. The molecule has 1 aliphatic heterocycles. The summed E-state index contributed by atoms with van der Waals surface area (Å²) >= 11 is 0. The lowest BCUT2D eigenvalue weighted by atomic mass is 9.97.